The van der Waals surface area contributed by atoms with Gasteiger partial charge in [0.15, 0.2) is 0 Å². The Labute approximate surface area is 121 Å². The van der Waals surface area contributed by atoms with Crippen LogP contribution in [0.15, 0.2) is 23.2 Å². The number of nitrogens with zero attached hydrogens (tertiary/aromatic N) is 2. The third kappa shape index (κ3) is 4.78. The van der Waals surface area contributed by atoms with E-state index in [1.807, 2.05) is 18.3 Å². The van der Waals surface area contributed by atoms with Crippen LogP contribution in [0, 0.1) is 0 Å². The lowest BCUT2D eigenvalue weighted by molar-refractivity contribution is -0.116. The molecule has 1 N–H and O–H groups in total. The smallest absolute Gasteiger partial charge is 0.223 e. The number of benzene rings is 1. The van der Waals surface area contributed by atoms with Crippen molar-refractivity contribution < 1.29 is 4.79 Å². The Morgan fingerprint density at radius 1 is 1.45 bits per heavy atom. The van der Waals surface area contributed by atoms with Gasteiger partial charge in [0.25, 0.3) is 0 Å². The SMILES string of the molecule is CCNCCCc1ccc(N(C)C(C)=O)cc1C=NC. The molecule has 0 bridgehead atoms. The molecule has 0 atom stereocenters. The quantitative estimate of drug-likeness (QED) is 0.613. The number of amides is 1. The van der Waals surface area contributed by atoms with Crippen LogP contribution in [0.4, 0.5) is 5.69 Å². The minimum atomic E-state index is 0.0317. The monoisotopic (exact) mass is 275 g/mol. The fourth-order valence-corrected chi connectivity index (χ4v) is 2.04. The molecular formula is C16H25N3O. The lowest BCUT2D eigenvalue weighted by Crippen LogP contribution is -2.23. The summed E-state index contributed by atoms with van der Waals surface area (Å²) in [6.45, 7) is 5.71. The average molecular weight is 275 g/mol. The first-order chi connectivity index (χ1) is 9.60. The summed E-state index contributed by atoms with van der Waals surface area (Å²) >= 11 is 0. The van der Waals surface area contributed by atoms with Crippen molar-refractivity contribution in [2.24, 2.45) is 4.99 Å². The number of hydrogen-bond acceptors (Lipinski definition) is 3. The number of aliphatic imine (C=N–C) groups is 1. The van der Waals surface area contributed by atoms with Gasteiger partial charge in [-0.1, -0.05) is 13.0 Å². The highest BCUT2D eigenvalue weighted by Gasteiger charge is 2.08. The lowest BCUT2D eigenvalue weighted by Gasteiger charge is -2.17. The molecule has 0 heterocycles. The van der Waals surface area contributed by atoms with Crippen molar-refractivity contribution in [3.63, 3.8) is 0 Å². The Bertz CT molecular complexity index is 469. The number of nitrogens with one attached hydrogen (secondary N) is 1. The van der Waals surface area contributed by atoms with Crippen LogP contribution in [0.5, 0.6) is 0 Å². The standard InChI is InChI=1S/C16H25N3O/c1-5-18-10-6-7-14-8-9-16(19(4)13(2)20)11-15(14)12-17-3/h8-9,11-12,18H,5-7,10H2,1-4H3. The maximum absolute atomic E-state index is 11.4. The van der Waals surface area contributed by atoms with Crippen LogP contribution >= 0.6 is 0 Å². The molecule has 4 nitrogen and oxygen atoms in total. The van der Waals surface area contributed by atoms with E-state index in [2.05, 4.69) is 23.3 Å². The van der Waals surface area contributed by atoms with E-state index in [-0.39, 0.29) is 5.91 Å². The van der Waals surface area contributed by atoms with E-state index >= 15 is 0 Å². The third-order valence-corrected chi connectivity index (χ3v) is 3.31. The van der Waals surface area contributed by atoms with Crippen LogP contribution in [0.25, 0.3) is 0 Å². The Balaban J connectivity index is 2.87. The summed E-state index contributed by atoms with van der Waals surface area (Å²) in [5.41, 5.74) is 3.27. The molecule has 0 aromatic heterocycles. The van der Waals surface area contributed by atoms with Crippen molar-refractivity contribution in [1.82, 2.24) is 5.32 Å². The van der Waals surface area contributed by atoms with Gasteiger partial charge in [0.05, 0.1) is 0 Å². The first-order valence-electron chi connectivity index (χ1n) is 7.10. The first kappa shape index (κ1) is 16.4. The van der Waals surface area contributed by atoms with E-state index in [9.17, 15) is 4.79 Å². The summed E-state index contributed by atoms with van der Waals surface area (Å²) in [6.07, 6.45) is 3.97. The largest absolute Gasteiger partial charge is 0.317 e. The summed E-state index contributed by atoms with van der Waals surface area (Å²) < 4.78 is 0. The molecule has 0 saturated carbocycles. The van der Waals surface area contributed by atoms with Gasteiger partial charge in [-0.15, -0.1) is 0 Å². The van der Waals surface area contributed by atoms with Gasteiger partial charge in [-0.3, -0.25) is 9.79 Å². The van der Waals surface area contributed by atoms with Crippen molar-refractivity contribution in [2.75, 3.05) is 32.1 Å². The summed E-state index contributed by atoms with van der Waals surface area (Å²) in [6, 6.07) is 6.12. The van der Waals surface area contributed by atoms with Gasteiger partial charge >= 0.3 is 0 Å². The molecule has 1 aromatic rings. The predicted molar refractivity (Wildman–Crippen MR) is 85.9 cm³/mol. The Morgan fingerprint density at radius 3 is 2.80 bits per heavy atom. The lowest BCUT2D eigenvalue weighted by atomic mass is 10.0. The summed E-state index contributed by atoms with van der Waals surface area (Å²) in [5, 5.41) is 3.33. The number of anilines is 1. The van der Waals surface area contributed by atoms with Gasteiger partial charge in [0, 0.05) is 32.9 Å². The molecule has 0 aliphatic carbocycles. The van der Waals surface area contributed by atoms with Crippen molar-refractivity contribution in [2.45, 2.75) is 26.7 Å². The zero-order valence-corrected chi connectivity index (χ0v) is 12.9. The van der Waals surface area contributed by atoms with Crippen LogP contribution in [-0.2, 0) is 11.2 Å². The Morgan fingerprint density at radius 2 is 2.20 bits per heavy atom. The number of rotatable bonds is 7. The van der Waals surface area contributed by atoms with Gasteiger partial charge in [-0.05, 0) is 49.2 Å². The minimum Gasteiger partial charge on any atom is -0.317 e. The third-order valence-electron chi connectivity index (χ3n) is 3.31. The zero-order chi connectivity index (χ0) is 15.0. The van der Waals surface area contributed by atoms with Crippen molar-refractivity contribution in [3.8, 4) is 0 Å². The number of aryl methyl sites for hydroxylation is 1. The van der Waals surface area contributed by atoms with Gasteiger partial charge in [-0.2, -0.15) is 0 Å². The van der Waals surface area contributed by atoms with Crippen LogP contribution in [-0.4, -0.2) is 39.3 Å². The van der Waals surface area contributed by atoms with E-state index in [1.165, 1.54) is 5.56 Å². The zero-order valence-electron chi connectivity index (χ0n) is 12.9. The van der Waals surface area contributed by atoms with E-state index < -0.39 is 0 Å². The molecule has 20 heavy (non-hydrogen) atoms. The highest BCUT2D eigenvalue weighted by Crippen LogP contribution is 2.19. The van der Waals surface area contributed by atoms with Crippen molar-refractivity contribution in [3.05, 3.63) is 29.3 Å². The molecule has 1 amide bonds. The highest BCUT2D eigenvalue weighted by molar-refractivity contribution is 5.92. The second kappa shape index (κ2) is 8.48. The summed E-state index contributed by atoms with van der Waals surface area (Å²) in [7, 11) is 3.55. The summed E-state index contributed by atoms with van der Waals surface area (Å²) in [4.78, 5) is 17.2. The Hall–Kier alpha value is -1.68. The summed E-state index contributed by atoms with van der Waals surface area (Å²) in [5.74, 6) is 0.0317. The van der Waals surface area contributed by atoms with E-state index in [0.29, 0.717) is 0 Å². The Kier molecular flexibility index (Phi) is 6.94. The fourth-order valence-electron chi connectivity index (χ4n) is 2.04. The van der Waals surface area contributed by atoms with E-state index in [1.54, 1.807) is 25.9 Å². The molecule has 1 aromatic carbocycles. The molecule has 1 rings (SSSR count). The highest BCUT2D eigenvalue weighted by atomic mass is 16.2. The molecule has 0 aliphatic rings. The van der Waals surface area contributed by atoms with Crippen LogP contribution in [0.1, 0.15) is 31.4 Å². The molecule has 0 spiro atoms. The van der Waals surface area contributed by atoms with Gasteiger partial charge in [-0.25, -0.2) is 0 Å². The van der Waals surface area contributed by atoms with Crippen molar-refractivity contribution in [1.29, 1.82) is 0 Å². The van der Waals surface area contributed by atoms with Crippen LogP contribution < -0.4 is 10.2 Å². The van der Waals surface area contributed by atoms with Crippen LogP contribution in [0.3, 0.4) is 0 Å². The predicted octanol–water partition coefficient (Wildman–Crippen LogP) is 2.26. The topological polar surface area (TPSA) is 44.7 Å². The minimum absolute atomic E-state index is 0.0317. The molecule has 0 radical (unpaired) electrons. The number of hydrogen-bond donors (Lipinski definition) is 1. The molecule has 0 fully saturated rings. The van der Waals surface area contributed by atoms with Gasteiger partial charge in [0.1, 0.15) is 0 Å². The molecular weight excluding hydrogens is 250 g/mol. The first-order valence-corrected chi connectivity index (χ1v) is 7.10. The maximum atomic E-state index is 11.4. The number of carbonyl (C=O) groups excluding carboxylic acids is 1. The van der Waals surface area contributed by atoms with E-state index in [0.717, 1.165) is 37.2 Å². The maximum Gasteiger partial charge on any atom is 0.223 e. The van der Waals surface area contributed by atoms with Crippen molar-refractivity contribution >= 4 is 17.8 Å². The second-order valence-corrected chi connectivity index (χ2v) is 4.81. The molecule has 4 heteroatoms. The molecule has 0 unspecified atom stereocenters. The van der Waals surface area contributed by atoms with E-state index in [4.69, 9.17) is 0 Å². The normalized spacial score (nSPS) is 11.0. The molecule has 110 valence electrons. The molecule has 0 aliphatic heterocycles. The average Bonchev–Trinajstić information content (AvgIpc) is 2.44. The number of carbonyl (C=O) groups is 1. The molecule has 0 saturated heterocycles. The van der Waals surface area contributed by atoms with Gasteiger partial charge in [0.2, 0.25) is 5.91 Å². The fraction of sp³-hybridized carbons (Fsp3) is 0.500. The van der Waals surface area contributed by atoms with Crippen LogP contribution in [0.2, 0.25) is 0 Å². The van der Waals surface area contributed by atoms with Gasteiger partial charge < -0.3 is 10.2 Å². The second-order valence-electron chi connectivity index (χ2n) is 4.81.